The molecular formula is C20H40O4. The SMILES string of the molecule is CC(C)CCOCCOCCCC(=O)OCCC(C)CC(C)(C)C. The fourth-order valence-corrected chi connectivity index (χ4v) is 2.55. The van der Waals surface area contributed by atoms with Crippen molar-refractivity contribution in [2.75, 3.05) is 33.0 Å². The predicted octanol–water partition coefficient (Wildman–Crippen LogP) is 4.85. The average molecular weight is 345 g/mol. The van der Waals surface area contributed by atoms with E-state index in [-0.39, 0.29) is 5.97 Å². The van der Waals surface area contributed by atoms with Crippen molar-refractivity contribution in [2.45, 2.75) is 73.6 Å². The number of hydrogen-bond acceptors (Lipinski definition) is 4. The van der Waals surface area contributed by atoms with Crippen molar-refractivity contribution in [1.29, 1.82) is 0 Å². The first-order chi connectivity index (χ1) is 11.2. The van der Waals surface area contributed by atoms with Crippen LogP contribution in [-0.4, -0.2) is 39.0 Å². The molecule has 1 atom stereocenters. The molecule has 0 aromatic heterocycles. The van der Waals surface area contributed by atoms with E-state index in [1.165, 1.54) is 0 Å². The van der Waals surface area contributed by atoms with E-state index in [1.807, 2.05) is 0 Å². The van der Waals surface area contributed by atoms with E-state index >= 15 is 0 Å². The summed E-state index contributed by atoms with van der Waals surface area (Å²) in [7, 11) is 0. The van der Waals surface area contributed by atoms with E-state index in [9.17, 15) is 4.79 Å². The van der Waals surface area contributed by atoms with Crippen LogP contribution in [0, 0.1) is 17.3 Å². The van der Waals surface area contributed by atoms with Crippen LogP contribution in [-0.2, 0) is 19.0 Å². The molecule has 0 aromatic rings. The number of carbonyl (C=O) groups is 1. The normalized spacial score (nSPS) is 13.3. The largest absolute Gasteiger partial charge is 0.466 e. The summed E-state index contributed by atoms with van der Waals surface area (Å²) < 4.78 is 16.2. The summed E-state index contributed by atoms with van der Waals surface area (Å²) in [6.45, 7) is 16.4. The molecule has 0 heterocycles. The van der Waals surface area contributed by atoms with Gasteiger partial charge in [-0.2, -0.15) is 0 Å². The molecule has 0 aliphatic rings. The minimum absolute atomic E-state index is 0.116. The van der Waals surface area contributed by atoms with Gasteiger partial charge in [0.15, 0.2) is 0 Å². The Morgan fingerprint density at radius 3 is 2.08 bits per heavy atom. The smallest absolute Gasteiger partial charge is 0.305 e. The molecule has 0 amide bonds. The molecule has 24 heavy (non-hydrogen) atoms. The lowest BCUT2D eigenvalue weighted by atomic mass is 9.84. The maximum Gasteiger partial charge on any atom is 0.305 e. The third-order valence-electron chi connectivity index (χ3n) is 3.72. The summed E-state index contributed by atoms with van der Waals surface area (Å²) in [6.07, 6.45) is 4.31. The first-order valence-corrected chi connectivity index (χ1v) is 9.52. The van der Waals surface area contributed by atoms with E-state index in [0.717, 1.165) is 25.9 Å². The van der Waals surface area contributed by atoms with E-state index in [1.54, 1.807) is 0 Å². The van der Waals surface area contributed by atoms with Crippen LogP contribution in [0.15, 0.2) is 0 Å². The maximum atomic E-state index is 11.6. The van der Waals surface area contributed by atoms with Gasteiger partial charge < -0.3 is 14.2 Å². The van der Waals surface area contributed by atoms with Crippen molar-refractivity contribution >= 4 is 5.97 Å². The molecule has 0 saturated heterocycles. The Morgan fingerprint density at radius 1 is 0.875 bits per heavy atom. The second kappa shape index (κ2) is 13.7. The first kappa shape index (κ1) is 23.4. The highest BCUT2D eigenvalue weighted by atomic mass is 16.5. The summed E-state index contributed by atoms with van der Waals surface area (Å²) >= 11 is 0. The maximum absolute atomic E-state index is 11.6. The van der Waals surface area contributed by atoms with E-state index in [0.29, 0.717) is 56.5 Å². The van der Waals surface area contributed by atoms with Crippen molar-refractivity contribution in [3.8, 4) is 0 Å². The minimum Gasteiger partial charge on any atom is -0.466 e. The molecule has 0 rings (SSSR count). The summed E-state index contributed by atoms with van der Waals surface area (Å²) in [5, 5.41) is 0. The van der Waals surface area contributed by atoms with Gasteiger partial charge in [0.05, 0.1) is 19.8 Å². The highest BCUT2D eigenvalue weighted by Gasteiger charge is 2.15. The van der Waals surface area contributed by atoms with Gasteiger partial charge in [-0.15, -0.1) is 0 Å². The van der Waals surface area contributed by atoms with Crippen LogP contribution in [0.1, 0.15) is 73.6 Å². The van der Waals surface area contributed by atoms with Gasteiger partial charge in [0.25, 0.3) is 0 Å². The van der Waals surface area contributed by atoms with Crippen LogP contribution in [0.2, 0.25) is 0 Å². The molecule has 0 aliphatic carbocycles. The molecular weight excluding hydrogens is 304 g/mol. The number of carbonyl (C=O) groups excluding carboxylic acids is 1. The number of ether oxygens (including phenoxy) is 3. The van der Waals surface area contributed by atoms with Gasteiger partial charge in [0.1, 0.15) is 0 Å². The van der Waals surface area contributed by atoms with Crippen molar-refractivity contribution in [3.05, 3.63) is 0 Å². The standard InChI is InChI=1S/C20H40O4/c1-17(2)9-12-23-15-14-22-11-7-8-19(21)24-13-10-18(3)16-20(4,5)6/h17-18H,7-16H2,1-6H3. The molecule has 0 fully saturated rings. The van der Waals surface area contributed by atoms with Crippen molar-refractivity contribution < 1.29 is 19.0 Å². The van der Waals surface area contributed by atoms with Crippen molar-refractivity contribution in [2.24, 2.45) is 17.3 Å². The Labute approximate surface area is 149 Å². The molecule has 0 spiro atoms. The second-order valence-corrected chi connectivity index (χ2v) is 8.39. The Morgan fingerprint density at radius 2 is 1.50 bits per heavy atom. The lowest BCUT2D eigenvalue weighted by molar-refractivity contribution is -0.144. The van der Waals surface area contributed by atoms with Crippen LogP contribution in [0.3, 0.4) is 0 Å². The predicted molar refractivity (Wildman–Crippen MR) is 99.1 cm³/mol. The van der Waals surface area contributed by atoms with Gasteiger partial charge in [-0.05, 0) is 42.9 Å². The fourth-order valence-electron chi connectivity index (χ4n) is 2.55. The van der Waals surface area contributed by atoms with Gasteiger partial charge in [0, 0.05) is 19.6 Å². The van der Waals surface area contributed by atoms with E-state index in [4.69, 9.17) is 14.2 Å². The van der Waals surface area contributed by atoms with Gasteiger partial charge in [-0.1, -0.05) is 41.5 Å². The van der Waals surface area contributed by atoms with Gasteiger partial charge in [0.2, 0.25) is 0 Å². The molecule has 144 valence electrons. The van der Waals surface area contributed by atoms with Crippen LogP contribution in [0.25, 0.3) is 0 Å². The zero-order valence-corrected chi connectivity index (χ0v) is 16.9. The molecule has 0 aliphatic heterocycles. The zero-order valence-electron chi connectivity index (χ0n) is 16.9. The van der Waals surface area contributed by atoms with Gasteiger partial charge in [-0.3, -0.25) is 4.79 Å². The molecule has 4 heteroatoms. The van der Waals surface area contributed by atoms with Crippen LogP contribution in [0.5, 0.6) is 0 Å². The molecule has 0 aromatic carbocycles. The summed E-state index contributed by atoms with van der Waals surface area (Å²) in [5.74, 6) is 1.14. The van der Waals surface area contributed by atoms with Crippen LogP contribution in [0.4, 0.5) is 0 Å². The molecule has 0 saturated carbocycles. The summed E-state index contributed by atoms with van der Waals surface area (Å²) in [6, 6.07) is 0. The van der Waals surface area contributed by atoms with Crippen molar-refractivity contribution in [3.63, 3.8) is 0 Å². The first-order valence-electron chi connectivity index (χ1n) is 9.52. The Kier molecular flexibility index (Phi) is 13.3. The summed E-state index contributed by atoms with van der Waals surface area (Å²) in [5.41, 5.74) is 0.333. The number of rotatable bonds is 14. The lowest BCUT2D eigenvalue weighted by Crippen LogP contribution is -2.14. The number of hydrogen-bond donors (Lipinski definition) is 0. The zero-order chi connectivity index (χ0) is 18.4. The molecule has 4 nitrogen and oxygen atoms in total. The Hall–Kier alpha value is -0.610. The van der Waals surface area contributed by atoms with Crippen LogP contribution < -0.4 is 0 Å². The second-order valence-electron chi connectivity index (χ2n) is 8.39. The minimum atomic E-state index is -0.116. The Balaban J connectivity index is 3.38. The Bertz CT molecular complexity index is 307. The molecule has 0 bridgehead atoms. The van der Waals surface area contributed by atoms with E-state index < -0.39 is 0 Å². The quantitative estimate of drug-likeness (QED) is 0.334. The highest BCUT2D eigenvalue weighted by molar-refractivity contribution is 5.69. The third-order valence-corrected chi connectivity index (χ3v) is 3.72. The van der Waals surface area contributed by atoms with Gasteiger partial charge in [-0.25, -0.2) is 0 Å². The molecule has 1 unspecified atom stereocenters. The number of esters is 1. The van der Waals surface area contributed by atoms with E-state index in [2.05, 4.69) is 41.5 Å². The highest BCUT2D eigenvalue weighted by Crippen LogP contribution is 2.25. The monoisotopic (exact) mass is 344 g/mol. The van der Waals surface area contributed by atoms with Gasteiger partial charge >= 0.3 is 5.97 Å². The fraction of sp³-hybridized carbons (Fsp3) is 0.950. The summed E-state index contributed by atoms with van der Waals surface area (Å²) in [4.78, 5) is 11.6. The molecule has 0 N–H and O–H groups in total. The topological polar surface area (TPSA) is 44.8 Å². The molecule has 0 radical (unpaired) electrons. The lowest BCUT2D eigenvalue weighted by Gasteiger charge is -2.22. The van der Waals surface area contributed by atoms with Crippen LogP contribution >= 0.6 is 0 Å². The van der Waals surface area contributed by atoms with Crippen molar-refractivity contribution in [1.82, 2.24) is 0 Å². The third kappa shape index (κ3) is 17.7. The average Bonchev–Trinajstić information content (AvgIpc) is 2.43.